The Balaban J connectivity index is 1.44. The van der Waals surface area contributed by atoms with Crippen LogP contribution >= 0.6 is 11.8 Å². The minimum atomic E-state index is -0.0543. The SMILES string of the molecule is CCn1c(=O)c2ccccc2n2c(SCC(=O)N(C3CCCCC3)C3CCCCC3)nnc12. The second-order valence-corrected chi connectivity index (χ2v) is 10.3. The summed E-state index contributed by atoms with van der Waals surface area (Å²) in [5, 5.41) is 10.0. The van der Waals surface area contributed by atoms with Gasteiger partial charge in [0, 0.05) is 18.6 Å². The Morgan fingerprint density at radius 1 is 1.00 bits per heavy atom. The topological polar surface area (TPSA) is 72.5 Å². The summed E-state index contributed by atoms with van der Waals surface area (Å²) in [7, 11) is 0. The molecule has 176 valence electrons. The number of hydrogen-bond acceptors (Lipinski definition) is 5. The van der Waals surface area contributed by atoms with Gasteiger partial charge in [-0.1, -0.05) is 62.4 Å². The van der Waals surface area contributed by atoms with Crippen LogP contribution in [0.2, 0.25) is 0 Å². The van der Waals surface area contributed by atoms with Gasteiger partial charge in [0.05, 0.1) is 16.7 Å². The fourth-order valence-corrected chi connectivity index (χ4v) is 6.55. The van der Waals surface area contributed by atoms with E-state index in [1.807, 2.05) is 35.6 Å². The molecule has 0 atom stereocenters. The van der Waals surface area contributed by atoms with E-state index in [2.05, 4.69) is 15.1 Å². The van der Waals surface area contributed by atoms with Crippen LogP contribution in [-0.2, 0) is 11.3 Å². The zero-order valence-corrected chi connectivity index (χ0v) is 20.2. The van der Waals surface area contributed by atoms with E-state index < -0.39 is 0 Å². The van der Waals surface area contributed by atoms with Gasteiger partial charge in [-0.25, -0.2) is 0 Å². The maximum absolute atomic E-state index is 13.6. The third kappa shape index (κ3) is 4.29. The van der Waals surface area contributed by atoms with Gasteiger partial charge in [0.2, 0.25) is 11.7 Å². The maximum Gasteiger partial charge on any atom is 0.262 e. The van der Waals surface area contributed by atoms with E-state index in [9.17, 15) is 9.59 Å². The predicted molar refractivity (Wildman–Crippen MR) is 132 cm³/mol. The standard InChI is InChI=1S/C25H33N5O2S/c1-2-28-23(32)20-15-9-10-16-21(20)30-24(28)26-27-25(30)33-17-22(31)29(18-11-5-3-6-12-18)19-13-7-4-8-14-19/h9-10,15-16,18-19H,2-8,11-14,17H2,1H3. The molecule has 0 radical (unpaired) electrons. The molecule has 2 heterocycles. The monoisotopic (exact) mass is 467 g/mol. The Kier molecular flexibility index (Phi) is 6.71. The van der Waals surface area contributed by atoms with Crippen LogP contribution in [0.4, 0.5) is 0 Å². The minimum Gasteiger partial charge on any atom is -0.336 e. The van der Waals surface area contributed by atoms with Gasteiger partial charge >= 0.3 is 0 Å². The van der Waals surface area contributed by atoms with E-state index in [1.165, 1.54) is 50.3 Å². The lowest BCUT2D eigenvalue weighted by atomic mass is 9.88. The lowest BCUT2D eigenvalue weighted by Crippen LogP contribution is -2.49. The fraction of sp³-hybridized carbons (Fsp3) is 0.600. The molecule has 5 rings (SSSR count). The smallest absolute Gasteiger partial charge is 0.262 e. The maximum atomic E-state index is 13.6. The second kappa shape index (κ2) is 9.87. The van der Waals surface area contributed by atoms with Crippen LogP contribution in [0.1, 0.15) is 71.1 Å². The Bertz CT molecular complexity index is 1170. The molecule has 2 fully saturated rings. The predicted octanol–water partition coefficient (Wildman–Crippen LogP) is 4.65. The molecule has 0 saturated heterocycles. The van der Waals surface area contributed by atoms with Crippen molar-refractivity contribution >= 4 is 34.3 Å². The number of hydrogen-bond donors (Lipinski definition) is 0. The van der Waals surface area contributed by atoms with Crippen molar-refractivity contribution in [3.8, 4) is 0 Å². The summed E-state index contributed by atoms with van der Waals surface area (Å²) in [5.41, 5.74) is 0.736. The fourth-order valence-electron chi connectivity index (χ4n) is 5.74. The molecule has 33 heavy (non-hydrogen) atoms. The van der Waals surface area contributed by atoms with Crippen LogP contribution in [0.15, 0.2) is 34.2 Å². The Morgan fingerprint density at radius 2 is 1.64 bits per heavy atom. The molecule has 0 aliphatic heterocycles. The number of carbonyl (C=O) groups excluding carboxylic acids is 1. The first-order valence-electron chi connectivity index (χ1n) is 12.5. The number of rotatable bonds is 6. The molecular formula is C25H33N5O2S. The number of benzene rings is 1. The van der Waals surface area contributed by atoms with Crippen molar-refractivity contribution in [2.75, 3.05) is 5.75 Å². The zero-order valence-electron chi connectivity index (χ0n) is 19.4. The van der Waals surface area contributed by atoms with Crippen molar-refractivity contribution < 1.29 is 4.79 Å². The first-order valence-corrected chi connectivity index (χ1v) is 13.5. The molecular weight excluding hydrogens is 434 g/mol. The van der Waals surface area contributed by atoms with Crippen molar-refractivity contribution in [3.05, 3.63) is 34.6 Å². The van der Waals surface area contributed by atoms with Crippen molar-refractivity contribution in [1.82, 2.24) is 24.1 Å². The number of thioether (sulfide) groups is 1. The quantitative estimate of drug-likeness (QED) is 0.494. The third-order valence-corrected chi connectivity index (χ3v) is 8.26. The largest absolute Gasteiger partial charge is 0.336 e. The normalized spacial score (nSPS) is 18.2. The van der Waals surface area contributed by atoms with Gasteiger partial charge in [-0.2, -0.15) is 0 Å². The summed E-state index contributed by atoms with van der Waals surface area (Å²) in [6.07, 6.45) is 12.0. The van der Waals surface area contributed by atoms with Gasteiger partial charge < -0.3 is 4.90 Å². The van der Waals surface area contributed by atoms with Crippen LogP contribution in [0.3, 0.4) is 0 Å². The summed E-state index contributed by atoms with van der Waals surface area (Å²) >= 11 is 1.44. The lowest BCUT2D eigenvalue weighted by molar-refractivity contribution is -0.135. The number of para-hydroxylation sites is 1. The molecule has 8 heteroatoms. The summed E-state index contributed by atoms with van der Waals surface area (Å²) in [5.74, 6) is 1.11. The average molecular weight is 468 g/mol. The van der Waals surface area contributed by atoms with Crippen LogP contribution in [0.5, 0.6) is 0 Å². The number of carbonyl (C=O) groups is 1. The molecule has 1 aromatic carbocycles. The Hall–Kier alpha value is -2.35. The highest BCUT2D eigenvalue weighted by Gasteiger charge is 2.32. The minimum absolute atomic E-state index is 0.0543. The first kappa shape index (κ1) is 22.4. The molecule has 3 aromatic rings. The van der Waals surface area contributed by atoms with Gasteiger partial charge in [-0.05, 0) is 44.7 Å². The number of amides is 1. The lowest BCUT2D eigenvalue weighted by Gasteiger charge is -2.41. The Labute approximate surface area is 198 Å². The molecule has 0 spiro atoms. The summed E-state index contributed by atoms with van der Waals surface area (Å²) in [6, 6.07) is 8.34. The number of fused-ring (bicyclic) bond motifs is 3. The molecule has 7 nitrogen and oxygen atoms in total. The zero-order chi connectivity index (χ0) is 22.8. The van der Waals surface area contributed by atoms with E-state index in [4.69, 9.17) is 0 Å². The van der Waals surface area contributed by atoms with Crippen molar-refractivity contribution in [1.29, 1.82) is 0 Å². The van der Waals surface area contributed by atoms with Gasteiger partial charge in [0.25, 0.3) is 5.56 Å². The second-order valence-electron chi connectivity index (χ2n) is 9.36. The van der Waals surface area contributed by atoms with E-state index in [0.717, 1.165) is 31.2 Å². The van der Waals surface area contributed by atoms with Crippen LogP contribution < -0.4 is 5.56 Å². The Morgan fingerprint density at radius 3 is 2.27 bits per heavy atom. The number of aromatic nitrogens is 4. The van der Waals surface area contributed by atoms with Gasteiger partial charge in [-0.3, -0.25) is 18.6 Å². The van der Waals surface area contributed by atoms with E-state index in [-0.39, 0.29) is 11.5 Å². The van der Waals surface area contributed by atoms with Crippen LogP contribution in [0.25, 0.3) is 16.7 Å². The van der Waals surface area contributed by atoms with E-state index >= 15 is 0 Å². The van der Waals surface area contributed by atoms with Crippen molar-refractivity contribution in [3.63, 3.8) is 0 Å². The summed E-state index contributed by atoms with van der Waals surface area (Å²) in [4.78, 5) is 28.8. The molecule has 0 N–H and O–H groups in total. The molecule has 1 amide bonds. The number of aryl methyl sites for hydroxylation is 1. The highest BCUT2D eigenvalue weighted by molar-refractivity contribution is 7.99. The molecule has 2 aromatic heterocycles. The third-order valence-electron chi connectivity index (χ3n) is 7.34. The highest BCUT2D eigenvalue weighted by atomic mass is 32.2. The number of nitrogens with zero attached hydrogens (tertiary/aromatic N) is 5. The van der Waals surface area contributed by atoms with Crippen molar-refractivity contribution in [2.24, 2.45) is 0 Å². The van der Waals surface area contributed by atoms with Gasteiger partial charge in [-0.15, -0.1) is 10.2 Å². The summed E-state index contributed by atoms with van der Waals surface area (Å²) in [6.45, 7) is 2.46. The molecule has 0 bridgehead atoms. The van der Waals surface area contributed by atoms with Crippen LogP contribution in [0, 0.1) is 0 Å². The van der Waals surface area contributed by atoms with Gasteiger partial charge in [0.1, 0.15) is 0 Å². The average Bonchev–Trinajstić information content (AvgIpc) is 3.28. The molecule has 0 unspecified atom stereocenters. The molecule has 2 saturated carbocycles. The van der Waals surface area contributed by atoms with Gasteiger partial charge in [0.15, 0.2) is 5.16 Å². The van der Waals surface area contributed by atoms with Crippen molar-refractivity contribution in [2.45, 2.75) is 94.9 Å². The van der Waals surface area contributed by atoms with E-state index in [1.54, 1.807) is 4.57 Å². The van der Waals surface area contributed by atoms with Crippen LogP contribution in [-0.4, -0.2) is 47.8 Å². The molecule has 2 aliphatic rings. The van der Waals surface area contributed by atoms with E-state index in [0.29, 0.717) is 40.7 Å². The first-order chi connectivity index (χ1) is 16.2. The highest BCUT2D eigenvalue weighted by Crippen LogP contribution is 2.31. The molecule has 2 aliphatic carbocycles. The summed E-state index contributed by atoms with van der Waals surface area (Å²) < 4.78 is 3.58.